The van der Waals surface area contributed by atoms with E-state index in [-0.39, 0.29) is 12.3 Å². The fourth-order valence-electron chi connectivity index (χ4n) is 2.39. The van der Waals surface area contributed by atoms with Gasteiger partial charge in [0.05, 0.1) is 12.3 Å². The highest BCUT2D eigenvalue weighted by Gasteiger charge is 2.20. The number of hydrogen-bond acceptors (Lipinski definition) is 5. The number of aliphatic imine (C=N–C) groups is 1. The van der Waals surface area contributed by atoms with Gasteiger partial charge in [0.25, 0.3) is 0 Å². The molecule has 1 saturated heterocycles. The van der Waals surface area contributed by atoms with Crippen LogP contribution in [0.3, 0.4) is 0 Å². The molecule has 128 valence electrons. The standard InChI is InChI=1S/C14H24N6O2S/c1-2-16-14(18-7-12-23(15,21)22)20-10-8-19(9-11-20)13-5-3-4-6-17-13/h3-6H,2,7-12H2,1H3,(H,16,18)(H2,15,21,22). The molecule has 23 heavy (non-hydrogen) atoms. The molecule has 0 atom stereocenters. The Morgan fingerprint density at radius 1 is 1.35 bits per heavy atom. The van der Waals surface area contributed by atoms with Crippen LogP contribution in [0.1, 0.15) is 6.92 Å². The number of primary sulfonamides is 1. The van der Waals surface area contributed by atoms with Crippen molar-refractivity contribution in [1.82, 2.24) is 15.2 Å². The Bertz CT molecular complexity index is 611. The smallest absolute Gasteiger partial charge is 0.210 e. The molecule has 1 aromatic rings. The van der Waals surface area contributed by atoms with Gasteiger partial charge in [-0.3, -0.25) is 4.99 Å². The number of nitrogens with two attached hydrogens (primary N) is 1. The molecule has 3 N–H and O–H groups in total. The minimum Gasteiger partial charge on any atom is -0.357 e. The van der Waals surface area contributed by atoms with Crippen LogP contribution in [0.2, 0.25) is 0 Å². The highest BCUT2D eigenvalue weighted by atomic mass is 32.2. The minimum absolute atomic E-state index is 0.143. The highest BCUT2D eigenvalue weighted by Crippen LogP contribution is 2.12. The van der Waals surface area contributed by atoms with Crippen molar-refractivity contribution in [2.45, 2.75) is 6.92 Å². The molecule has 0 spiro atoms. The lowest BCUT2D eigenvalue weighted by Crippen LogP contribution is -2.52. The molecule has 1 aromatic heterocycles. The van der Waals surface area contributed by atoms with Crippen LogP contribution >= 0.6 is 0 Å². The summed E-state index contributed by atoms with van der Waals surface area (Å²) in [6.07, 6.45) is 1.79. The zero-order valence-electron chi connectivity index (χ0n) is 13.4. The largest absolute Gasteiger partial charge is 0.357 e. The van der Waals surface area contributed by atoms with Gasteiger partial charge in [-0.1, -0.05) is 6.07 Å². The van der Waals surface area contributed by atoms with E-state index in [1.165, 1.54) is 0 Å². The van der Waals surface area contributed by atoms with Crippen LogP contribution in [0.4, 0.5) is 5.82 Å². The number of rotatable bonds is 5. The monoisotopic (exact) mass is 340 g/mol. The predicted octanol–water partition coefficient (Wildman–Crippen LogP) is -0.542. The fraction of sp³-hybridized carbons (Fsp3) is 0.571. The molecule has 1 fully saturated rings. The van der Waals surface area contributed by atoms with Crippen molar-refractivity contribution in [2.75, 3.05) is 49.9 Å². The summed E-state index contributed by atoms with van der Waals surface area (Å²) in [6, 6.07) is 5.88. The summed E-state index contributed by atoms with van der Waals surface area (Å²) < 4.78 is 22.0. The van der Waals surface area contributed by atoms with Gasteiger partial charge in [-0.2, -0.15) is 0 Å². The summed E-state index contributed by atoms with van der Waals surface area (Å²) in [6.45, 7) is 6.18. The van der Waals surface area contributed by atoms with Crippen LogP contribution in [0, 0.1) is 0 Å². The van der Waals surface area contributed by atoms with E-state index < -0.39 is 10.0 Å². The SMILES string of the molecule is CCNC(=NCCS(N)(=O)=O)N1CCN(c2ccccn2)CC1. The zero-order chi connectivity index (χ0) is 16.7. The van der Waals surface area contributed by atoms with Crippen molar-refractivity contribution >= 4 is 21.8 Å². The second-order valence-corrected chi connectivity index (χ2v) is 7.00. The summed E-state index contributed by atoms with van der Waals surface area (Å²) in [5.41, 5.74) is 0. The maximum absolute atomic E-state index is 11.0. The number of aromatic nitrogens is 1. The van der Waals surface area contributed by atoms with E-state index in [4.69, 9.17) is 5.14 Å². The Morgan fingerprint density at radius 3 is 2.65 bits per heavy atom. The van der Waals surface area contributed by atoms with E-state index in [0.717, 1.165) is 44.5 Å². The van der Waals surface area contributed by atoms with Crippen LogP contribution in [0.15, 0.2) is 29.4 Å². The predicted molar refractivity (Wildman–Crippen MR) is 92.0 cm³/mol. The van der Waals surface area contributed by atoms with Crippen molar-refractivity contribution in [3.8, 4) is 0 Å². The minimum atomic E-state index is -3.48. The Balaban J connectivity index is 1.93. The lowest BCUT2D eigenvalue weighted by atomic mass is 10.3. The summed E-state index contributed by atoms with van der Waals surface area (Å²) in [7, 11) is -3.48. The second kappa shape index (κ2) is 8.11. The summed E-state index contributed by atoms with van der Waals surface area (Å²) in [5, 5.41) is 8.21. The fourth-order valence-corrected chi connectivity index (χ4v) is 2.74. The molecule has 2 heterocycles. The van der Waals surface area contributed by atoms with Crippen molar-refractivity contribution in [3.63, 3.8) is 0 Å². The molecule has 2 rings (SSSR count). The van der Waals surface area contributed by atoms with Crippen molar-refractivity contribution < 1.29 is 8.42 Å². The number of hydrogen-bond donors (Lipinski definition) is 2. The topological polar surface area (TPSA) is 104 Å². The van der Waals surface area contributed by atoms with E-state index in [1.807, 2.05) is 25.1 Å². The lowest BCUT2D eigenvalue weighted by molar-refractivity contribution is 0.372. The van der Waals surface area contributed by atoms with Gasteiger partial charge in [0, 0.05) is 38.9 Å². The molecular formula is C14H24N6O2S. The normalized spacial score (nSPS) is 16.5. The number of sulfonamides is 1. The molecule has 0 aliphatic carbocycles. The van der Waals surface area contributed by atoms with E-state index >= 15 is 0 Å². The molecule has 8 nitrogen and oxygen atoms in total. The summed E-state index contributed by atoms with van der Waals surface area (Å²) in [5.74, 6) is 1.57. The number of nitrogens with one attached hydrogen (secondary N) is 1. The molecule has 0 aromatic carbocycles. The Labute approximate surface area is 137 Å². The third kappa shape index (κ3) is 5.68. The molecule has 0 saturated carbocycles. The van der Waals surface area contributed by atoms with Crippen LogP contribution in [0.25, 0.3) is 0 Å². The molecule has 0 radical (unpaired) electrons. The summed E-state index contributed by atoms with van der Waals surface area (Å²) in [4.78, 5) is 13.1. The van der Waals surface area contributed by atoms with E-state index in [9.17, 15) is 8.42 Å². The van der Waals surface area contributed by atoms with Gasteiger partial charge in [0.15, 0.2) is 5.96 Å². The van der Waals surface area contributed by atoms with Gasteiger partial charge in [-0.05, 0) is 19.1 Å². The molecule has 0 bridgehead atoms. The zero-order valence-corrected chi connectivity index (χ0v) is 14.2. The summed E-state index contributed by atoms with van der Waals surface area (Å²) >= 11 is 0. The Morgan fingerprint density at radius 2 is 2.09 bits per heavy atom. The van der Waals surface area contributed by atoms with Gasteiger partial charge in [-0.15, -0.1) is 0 Å². The first kappa shape index (κ1) is 17.5. The molecule has 1 aliphatic heterocycles. The van der Waals surface area contributed by atoms with Crippen molar-refractivity contribution in [2.24, 2.45) is 10.1 Å². The van der Waals surface area contributed by atoms with E-state index in [0.29, 0.717) is 0 Å². The Hall–Kier alpha value is -1.87. The van der Waals surface area contributed by atoms with Crippen molar-refractivity contribution in [1.29, 1.82) is 0 Å². The molecule has 1 aliphatic rings. The van der Waals surface area contributed by atoms with Gasteiger partial charge >= 0.3 is 0 Å². The average molecular weight is 340 g/mol. The quantitative estimate of drug-likeness (QED) is 0.551. The number of guanidine groups is 1. The lowest BCUT2D eigenvalue weighted by Gasteiger charge is -2.37. The van der Waals surface area contributed by atoms with Crippen LogP contribution in [-0.2, 0) is 10.0 Å². The van der Waals surface area contributed by atoms with Crippen molar-refractivity contribution in [3.05, 3.63) is 24.4 Å². The molecule has 9 heteroatoms. The first-order valence-electron chi connectivity index (χ1n) is 7.69. The van der Waals surface area contributed by atoms with Gasteiger partial charge < -0.3 is 15.1 Å². The van der Waals surface area contributed by atoms with Crippen LogP contribution in [0.5, 0.6) is 0 Å². The molecule has 0 amide bonds. The number of piperazine rings is 1. The van der Waals surface area contributed by atoms with Gasteiger partial charge in [0.2, 0.25) is 10.0 Å². The second-order valence-electron chi connectivity index (χ2n) is 5.26. The van der Waals surface area contributed by atoms with Gasteiger partial charge in [0.1, 0.15) is 5.82 Å². The van der Waals surface area contributed by atoms with E-state index in [1.54, 1.807) is 6.20 Å². The first-order chi connectivity index (χ1) is 11.0. The third-order valence-corrected chi connectivity index (χ3v) is 4.28. The van der Waals surface area contributed by atoms with Crippen LogP contribution in [-0.4, -0.2) is 69.3 Å². The number of anilines is 1. The maximum Gasteiger partial charge on any atom is 0.210 e. The van der Waals surface area contributed by atoms with E-state index in [2.05, 4.69) is 25.1 Å². The molecular weight excluding hydrogens is 316 g/mol. The highest BCUT2D eigenvalue weighted by molar-refractivity contribution is 7.89. The maximum atomic E-state index is 11.0. The number of nitrogens with zero attached hydrogens (tertiary/aromatic N) is 4. The molecule has 0 unspecified atom stereocenters. The first-order valence-corrected chi connectivity index (χ1v) is 9.41. The Kier molecular flexibility index (Phi) is 6.17. The average Bonchev–Trinajstić information content (AvgIpc) is 2.54. The van der Waals surface area contributed by atoms with Gasteiger partial charge in [-0.25, -0.2) is 18.5 Å². The number of pyridine rings is 1. The van der Waals surface area contributed by atoms with Crippen LogP contribution < -0.4 is 15.4 Å². The third-order valence-electron chi connectivity index (χ3n) is 3.52.